The van der Waals surface area contributed by atoms with E-state index in [1.165, 1.54) is 0 Å². The fourth-order valence-corrected chi connectivity index (χ4v) is 4.13. The van der Waals surface area contributed by atoms with Gasteiger partial charge in [0.1, 0.15) is 22.9 Å². The molecular formula is C25H36N6O. The molecule has 7 heteroatoms. The van der Waals surface area contributed by atoms with E-state index in [4.69, 9.17) is 14.7 Å². The lowest BCUT2D eigenvalue weighted by atomic mass is 10.2. The van der Waals surface area contributed by atoms with Gasteiger partial charge in [-0.15, -0.1) is 0 Å². The van der Waals surface area contributed by atoms with Crippen LogP contribution in [0.5, 0.6) is 5.75 Å². The Morgan fingerprint density at radius 3 is 2.41 bits per heavy atom. The minimum Gasteiger partial charge on any atom is -0.494 e. The number of pyridine rings is 1. The third kappa shape index (κ3) is 5.22. The molecule has 32 heavy (non-hydrogen) atoms. The second-order valence-electron chi connectivity index (χ2n) is 8.92. The van der Waals surface area contributed by atoms with E-state index in [1.54, 1.807) is 0 Å². The molecule has 172 valence electrons. The van der Waals surface area contributed by atoms with Crippen molar-refractivity contribution in [2.24, 2.45) is 0 Å². The molecule has 0 amide bonds. The summed E-state index contributed by atoms with van der Waals surface area (Å²) in [5.74, 6) is 2.93. The molecule has 3 aromatic rings. The molecule has 1 fully saturated rings. The van der Waals surface area contributed by atoms with E-state index in [0.717, 1.165) is 92.8 Å². The molecule has 0 saturated carbocycles. The molecule has 0 aliphatic carbocycles. The number of piperazine rings is 1. The third-order valence-electron chi connectivity index (χ3n) is 5.98. The van der Waals surface area contributed by atoms with Crippen LogP contribution in [-0.2, 0) is 6.54 Å². The maximum absolute atomic E-state index is 5.90. The van der Waals surface area contributed by atoms with Gasteiger partial charge in [-0.05, 0) is 70.4 Å². The van der Waals surface area contributed by atoms with Crippen LogP contribution in [0.15, 0.2) is 36.4 Å². The molecule has 1 saturated heterocycles. The van der Waals surface area contributed by atoms with Gasteiger partial charge in [-0.25, -0.2) is 9.97 Å². The summed E-state index contributed by atoms with van der Waals surface area (Å²) in [7, 11) is 6.34. The van der Waals surface area contributed by atoms with E-state index in [9.17, 15) is 0 Å². The quantitative estimate of drug-likeness (QED) is 0.478. The molecule has 0 atom stereocenters. The van der Waals surface area contributed by atoms with Gasteiger partial charge in [-0.2, -0.15) is 0 Å². The van der Waals surface area contributed by atoms with Crippen LogP contribution < -0.4 is 9.64 Å². The van der Waals surface area contributed by atoms with Crippen LogP contribution in [0.2, 0.25) is 0 Å². The van der Waals surface area contributed by atoms with Gasteiger partial charge in [0.2, 0.25) is 0 Å². The van der Waals surface area contributed by atoms with Crippen molar-refractivity contribution < 1.29 is 4.74 Å². The summed E-state index contributed by atoms with van der Waals surface area (Å²) in [6.07, 6.45) is 2.05. The van der Waals surface area contributed by atoms with Gasteiger partial charge >= 0.3 is 0 Å². The highest BCUT2D eigenvalue weighted by Gasteiger charge is 2.18. The van der Waals surface area contributed by atoms with Crippen LogP contribution in [0.25, 0.3) is 22.6 Å². The number of rotatable bonds is 9. The van der Waals surface area contributed by atoms with Crippen molar-refractivity contribution in [2.45, 2.75) is 26.3 Å². The number of hydrogen-bond donors (Lipinski definition) is 0. The molecule has 1 aliphatic rings. The van der Waals surface area contributed by atoms with E-state index in [2.05, 4.69) is 71.6 Å². The van der Waals surface area contributed by atoms with E-state index in [-0.39, 0.29) is 0 Å². The predicted molar refractivity (Wildman–Crippen MR) is 132 cm³/mol. The fourth-order valence-electron chi connectivity index (χ4n) is 4.13. The summed E-state index contributed by atoms with van der Waals surface area (Å²) in [5.41, 5.74) is 3.02. The molecule has 0 unspecified atom stereocenters. The number of aryl methyl sites for hydroxylation is 1. The summed E-state index contributed by atoms with van der Waals surface area (Å²) in [6.45, 7) is 9.02. The predicted octanol–water partition coefficient (Wildman–Crippen LogP) is 3.59. The Morgan fingerprint density at radius 2 is 1.72 bits per heavy atom. The number of benzene rings is 1. The van der Waals surface area contributed by atoms with Gasteiger partial charge in [-0.1, -0.05) is 6.92 Å². The molecule has 4 rings (SSSR count). The Labute approximate surface area is 191 Å². The second kappa shape index (κ2) is 10.3. The van der Waals surface area contributed by atoms with Crippen LogP contribution in [0, 0.1) is 0 Å². The molecule has 3 heterocycles. The van der Waals surface area contributed by atoms with Gasteiger partial charge in [0.25, 0.3) is 0 Å². The molecular weight excluding hydrogens is 400 g/mol. The molecule has 0 bridgehead atoms. The summed E-state index contributed by atoms with van der Waals surface area (Å²) in [4.78, 5) is 16.9. The first-order valence-electron chi connectivity index (χ1n) is 11.7. The SMILES string of the molecule is CCCn1c(-c2ccc(OCCCN(C)C)cc2)nc2ccc(N3CCN(C)CC3)nc21. The minimum absolute atomic E-state index is 0.727. The average Bonchev–Trinajstić information content (AvgIpc) is 3.15. The van der Waals surface area contributed by atoms with E-state index in [1.807, 2.05) is 12.1 Å². The zero-order valence-electron chi connectivity index (χ0n) is 19.9. The van der Waals surface area contributed by atoms with Crippen LogP contribution in [-0.4, -0.2) is 84.8 Å². The Hall–Kier alpha value is -2.64. The first-order valence-corrected chi connectivity index (χ1v) is 11.7. The molecule has 2 aromatic heterocycles. The molecule has 0 radical (unpaired) electrons. The lowest BCUT2D eigenvalue weighted by Crippen LogP contribution is -2.44. The highest BCUT2D eigenvalue weighted by atomic mass is 16.5. The number of imidazole rings is 1. The monoisotopic (exact) mass is 436 g/mol. The number of likely N-dealkylation sites (N-methyl/N-ethyl adjacent to an activating group) is 1. The largest absolute Gasteiger partial charge is 0.494 e. The lowest BCUT2D eigenvalue weighted by Gasteiger charge is -2.33. The molecule has 0 spiro atoms. The topological polar surface area (TPSA) is 49.7 Å². The van der Waals surface area contributed by atoms with Gasteiger partial charge in [-0.3, -0.25) is 0 Å². The maximum Gasteiger partial charge on any atom is 0.162 e. The van der Waals surface area contributed by atoms with Crippen molar-refractivity contribution in [1.29, 1.82) is 0 Å². The summed E-state index contributed by atoms with van der Waals surface area (Å²) >= 11 is 0. The second-order valence-corrected chi connectivity index (χ2v) is 8.92. The number of hydrogen-bond acceptors (Lipinski definition) is 6. The summed E-state index contributed by atoms with van der Waals surface area (Å²) < 4.78 is 8.16. The number of fused-ring (bicyclic) bond motifs is 1. The molecule has 1 aliphatic heterocycles. The smallest absolute Gasteiger partial charge is 0.162 e. The number of anilines is 1. The van der Waals surface area contributed by atoms with E-state index < -0.39 is 0 Å². The Balaban J connectivity index is 1.56. The minimum atomic E-state index is 0.727. The first-order chi connectivity index (χ1) is 15.5. The average molecular weight is 437 g/mol. The van der Waals surface area contributed by atoms with Crippen molar-refractivity contribution in [3.05, 3.63) is 36.4 Å². The van der Waals surface area contributed by atoms with E-state index in [0.29, 0.717) is 0 Å². The van der Waals surface area contributed by atoms with Crippen molar-refractivity contribution >= 4 is 17.0 Å². The summed E-state index contributed by atoms with van der Waals surface area (Å²) in [6, 6.07) is 12.5. The van der Waals surface area contributed by atoms with Gasteiger partial charge in [0, 0.05) is 44.8 Å². The third-order valence-corrected chi connectivity index (χ3v) is 5.98. The molecule has 1 aromatic carbocycles. The number of ether oxygens (including phenoxy) is 1. The Kier molecular flexibility index (Phi) is 7.27. The zero-order valence-corrected chi connectivity index (χ0v) is 19.9. The number of nitrogens with zero attached hydrogens (tertiary/aromatic N) is 6. The van der Waals surface area contributed by atoms with E-state index >= 15 is 0 Å². The molecule has 7 nitrogen and oxygen atoms in total. The molecule has 0 N–H and O–H groups in total. The first kappa shape index (κ1) is 22.6. The van der Waals surface area contributed by atoms with Crippen molar-refractivity contribution in [3.8, 4) is 17.1 Å². The number of aromatic nitrogens is 3. The maximum atomic E-state index is 5.90. The van der Waals surface area contributed by atoms with Gasteiger partial charge in [0.15, 0.2) is 5.65 Å². The standard InChI is InChI=1S/C25H36N6O/c1-5-13-31-24(20-7-9-21(10-8-20)32-19-6-14-28(2)3)26-22-11-12-23(27-25(22)31)30-17-15-29(4)16-18-30/h7-12H,5-6,13-19H2,1-4H3. The van der Waals surface area contributed by atoms with Crippen molar-refractivity contribution in [1.82, 2.24) is 24.3 Å². The Bertz CT molecular complexity index is 1010. The lowest BCUT2D eigenvalue weighted by molar-refractivity contribution is 0.281. The van der Waals surface area contributed by atoms with Crippen molar-refractivity contribution in [3.63, 3.8) is 0 Å². The van der Waals surface area contributed by atoms with Crippen LogP contribution in [0.4, 0.5) is 5.82 Å². The van der Waals surface area contributed by atoms with Crippen LogP contribution in [0.1, 0.15) is 19.8 Å². The van der Waals surface area contributed by atoms with Crippen molar-refractivity contribution in [2.75, 3.05) is 65.4 Å². The summed E-state index contributed by atoms with van der Waals surface area (Å²) in [5, 5.41) is 0. The highest BCUT2D eigenvalue weighted by molar-refractivity contribution is 5.79. The van der Waals surface area contributed by atoms with Gasteiger partial charge < -0.3 is 24.0 Å². The normalized spacial score (nSPS) is 15.1. The highest BCUT2D eigenvalue weighted by Crippen LogP contribution is 2.28. The van der Waals surface area contributed by atoms with Crippen LogP contribution >= 0.6 is 0 Å². The Morgan fingerprint density at radius 1 is 0.969 bits per heavy atom. The zero-order chi connectivity index (χ0) is 22.5. The fraction of sp³-hybridized carbons (Fsp3) is 0.520. The van der Waals surface area contributed by atoms with Crippen LogP contribution in [0.3, 0.4) is 0 Å². The van der Waals surface area contributed by atoms with Gasteiger partial charge in [0.05, 0.1) is 6.61 Å².